The van der Waals surface area contributed by atoms with Gasteiger partial charge in [0.05, 0.1) is 6.04 Å². The Labute approximate surface area is 123 Å². The molecule has 2 heterocycles. The lowest BCUT2D eigenvalue weighted by Crippen LogP contribution is -2.34. The van der Waals surface area contributed by atoms with Gasteiger partial charge in [0.2, 0.25) is 5.13 Å². The molecule has 0 spiro atoms. The van der Waals surface area contributed by atoms with Crippen molar-refractivity contribution in [1.29, 1.82) is 0 Å². The molecule has 1 atom stereocenters. The molecule has 0 bridgehead atoms. The number of nitrogens with one attached hydrogen (secondary N) is 2. The number of aromatic nitrogens is 2. The first-order valence-electron chi connectivity index (χ1n) is 5.98. The zero-order valence-corrected chi connectivity index (χ0v) is 11.9. The Morgan fingerprint density at radius 2 is 2.35 bits per heavy atom. The van der Waals surface area contributed by atoms with E-state index in [1.54, 1.807) is 17.8 Å². The van der Waals surface area contributed by atoms with Gasteiger partial charge in [0.25, 0.3) is 0 Å². The summed E-state index contributed by atoms with van der Waals surface area (Å²) in [6.07, 6.45) is 0.769. The third-order valence-electron chi connectivity index (χ3n) is 2.90. The van der Waals surface area contributed by atoms with Crippen LogP contribution in [0.1, 0.15) is 18.0 Å². The van der Waals surface area contributed by atoms with Crippen molar-refractivity contribution in [3.8, 4) is 0 Å². The summed E-state index contributed by atoms with van der Waals surface area (Å²) in [7, 11) is 0. The molecule has 20 heavy (non-hydrogen) atoms. The number of amides is 2. The third kappa shape index (κ3) is 2.91. The number of rotatable bonds is 2. The number of carbonyl (C=O) groups is 1. The van der Waals surface area contributed by atoms with Crippen molar-refractivity contribution in [3.05, 3.63) is 35.1 Å². The average Bonchev–Trinajstić information content (AvgIpc) is 2.92. The third-order valence-corrected chi connectivity index (χ3v) is 4.63. The monoisotopic (exact) mass is 310 g/mol. The fourth-order valence-corrected chi connectivity index (χ4v) is 3.58. The lowest BCUT2D eigenvalue weighted by atomic mass is 10.0. The van der Waals surface area contributed by atoms with Gasteiger partial charge in [-0.3, -0.25) is 5.32 Å². The number of carbonyl (C=O) groups excluding carboxylic acids is 1. The highest BCUT2D eigenvalue weighted by Gasteiger charge is 2.23. The van der Waals surface area contributed by atoms with Crippen molar-refractivity contribution in [1.82, 2.24) is 15.5 Å². The lowest BCUT2D eigenvalue weighted by molar-refractivity contribution is 0.248. The van der Waals surface area contributed by atoms with Crippen LogP contribution in [0, 0.1) is 5.82 Å². The number of hydrogen-bond acceptors (Lipinski definition) is 5. The van der Waals surface area contributed by atoms with Crippen LogP contribution in [0.25, 0.3) is 0 Å². The minimum absolute atomic E-state index is 0.185. The summed E-state index contributed by atoms with van der Waals surface area (Å²) < 4.78 is 13.4. The molecule has 2 amide bonds. The largest absolute Gasteiger partial charge is 0.331 e. The normalized spacial score (nSPS) is 17.4. The molecule has 1 aromatic carbocycles. The van der Waals surface area contributed by atoms with Gasteiger partial charge in [-0.1, -0.05) is 11.3 Å². The number of urea groups is 1. The molecule has 3 rings (SSSR count). The molecule has 1 aliphatic heterocycles. The minimum Gasteiger partial charge on any atom is -0.331 e. The molecule has 1 aromatic heterocycles. The van der Waals surface area contributed by atoms with Crippen molar-refractivity contribution in [2.24, 2.45) is 0 Å². The Morgan fingerprint density at radius 3 is 3.15 bits per heavy atom. The zero-order chi connectivity index (χ0) is 13.9. The van der Waals surface area contributed by atoms with Crippen LogP contribution in [0.2, 0.25) is 0 Å². The summed E-state index contributed by atoms with van der Waals surface area (Å²) in [6, 6.07) is 4.14. The van der Waals surface area contributed by atoms with Crippen LogP contribution >= 0.6 is 23.1 Å². The van der Waals surface area contributed by atoms with Crippen LogP contribution in [-0.2, 0) is 0 Å². The van der Waals surface area contributed by atoms with E-state index >= 15 is 0 Å². The number of fused-ring (bicyclic) bond motifs is 1. The fraction of sp³-hybridized carbons (Fsp3) is 0.250. The summed E-state index contributed by atoms with van der Waals surface area (Å²) >= 11 is 2.92. The SMILES string of the molecule is O=C(Nc1nncs1)N[C@H]1CCSc2ccc(F)cc21. The predicted molar refractivity (Wildman–Crippen MR) is 76.5 cm³/mol. The smallest absolute Gasteiger partial charge is 0.321 e. The van der Waals surface area contributed by atoms with Crippen LogP contribution in [0.15, 0.2) is 28.6 Å². The maximum absolute atomic E-state index is 13.4. The van der Waals surface area contributed by atoms with Gasteiger partial charge in [-0.2, -0.15) is 0 Å². The van der Waals surface area contributed by atoms with E-state index in [4.69, 9.17) is 0 Å². The van der Waals surface area contributed by atoms with Gasteiger partial charge in [0.15, 0.2) is 0 Å². The molecule has 0 unspecified atom stereocenters. The number of thioether (sulfide) groups is 1. The molecule has 1 aliphatic rings. The van der Waals surface area contributed by atoms with Gasteiger partial charge >= 0.3 is 6.03 Å². The average molecular weight is 310 g/mol. The van der Waals surface area contributed by atoms with Crippen LogP contribution in [0.5, 0.6) is 0 Å². The van der Waals surface area contributed by atoms with E-state index in [0.29, 0.717) is 5.13 Å². The van der Waals surface area contributed by atoms with Gasteiger partial charge in [0, 0.05) is 10.6 Å². The number of nitrogens with zero attached hydrogens (tertiary/aromatic N) is 2. The molecule has 0 saturated heterocycles. The highest BCUT2D eigenvalue weighted by atomic mass is 32.2. The van der Waals surface area contributed by atoms with Crippen LogP contribution < -0.4 is 10.6 Å². The highest BCUT2D eigenvalue weighted by Crippen LogP contribution is 2.36. The quantitative estimate of drug-likeness (QED) is 0.894. The van der Waals surface area contributed by atoms with Crippen LogP contribution in [-0.4, -0.2) is 22.0 Å². The standard InChI is InChI=1S/C12H11FN4OS2/c13-7-1-2-10-8(5-7)9(3-4-19-10)15-11(18)16-12-17-14-6-20-12/h1-2,5-6,9H,3-4H2,(H2,15,16,17,18)/t9-/m0/s1. The van der Waals surface area contributed by atoms with E-state index < -0.39 is 0 Å². The van der Waals surface area contributed by atoms with E-state index in [1.807, 2.05) is 0 Å². The van der Waals surface area contributed by atoms with Gasteiger partial charge in [-0.25, -0.2) is 9.18 Å². The fourth-order valence-electron chi connectivity index (χ4n) is 2.03. The number of anilines is 1. The molecule has 104 valence electrons. The minimum atomic E-state index is -0.353. The maximum atomic E-state index is 13.4. The van der Waals surface area contributed by atoms with Crippen molar-refractivity contribution in [2.45, 2.75) is 17.4 Å². The molecule has 5 nitrogen and oxygen atoms in total. The predicted octanol–water partition coefficient (Wildman–Crippen LogP) is 3.04. The van der Waals surface area contributed by atoms with E-state index in [1.165, 1.54) is 29.0 Å². The van der Waals surface area contributed by atoms with Crippen LogP contribution in [0.3, 0.4) is 0 Å². The lowest BCUT2D eigenvalue weighted by Gasteiger charge is -2.25. The second-order valence-corrected chi connectivity index (χ2v) is 6.18. The molecule has 0 aliphatic carbocycles. The second-order valence-electron chi connectivity index (χ2n) is 4.21. The Kier molecular flexibility index (Phi) is 3.83. The second kappa shape index (κ2) is 5.76. The number of hydrogen-bond donors (Lipinski definition) is 2. The van der Waals surface area contributed by atoms with E-state index in [0.717, 1.165) is 22.6 Å². The molecular formula is C12H11FN4OS2. The van der Waals surface area contributed by atoms with Gasteiger partial charge in [0.1, 0.15) is 11.3 Å². The van der Waals surface area contributed by atoms with E-state index in [-0.39, 0.29) is 17.9 Å². The Morgan fingerprint density at radius 1 is 1.45 bits per heavy atom. The topological polar surface area (TPSA) is 66.9 Å². The first-order chi connectivity index (χ1) is 9.72. The maximum Gasteiger partial charge on any atom is 0.321 e. The number of halogens is 1. The molecule has 0 saturated carbocycles. The summed E-state index contributed by atoms with van der Waals surface area (Å²) in [5.41, 5.74) is 2.37. The Bertz CT molecular complexity index is 620. The van der Waals surface area contributed by atoms with E-state index in [9.17, 15) is 9.18 Å². The number of benzene rings is 1. The van der Waals surface area contributed by atoms with Crippen molar-refractivity contribution in [3.63, 3.8) is 0 Å². The molecular weight excluding hydrogens is 299 g/mol. The zero-order valence-electron chi connectivity index (χ0n) is 10.3. The van der Waals surface area contributed by atoms with Gasteiger partial charge < -0.3 is 5.32 Å². The molecule has 0 radical (unpaired) electrons. The molecule has 8 heteroatoms. The summed E-state index contributed by atoms with van der Waals surface area (Å²) in [5.74, 6) is 0.602. The van der Waals surface area contributed by atoms with Crippen molar-refractivity contribution in [2.75, 3.05) is 11.1 Å². The Balaban J connectivity index is 1.72. The first-order valence-corrected chi connectivity index (χ1v) is 7.85. The van der Waals surface area contributed by atoms with Gasteiger partial charge in [-0.15, -0.1) is 22.0 Å². The summed E-state index contributed by atoms with van der Waals surface area (Å²) in [6.45, 7) is 0. The highest BCUT2D eigenvalue weighted by molar-refractivity contribution is 7.99. The van der Waals surface area contributed by atoms with Gasteiger partial charge in [-0.05, 0) is 30.2 Å². The van der Waals surface area contributed by atoms with Crippen molar-refractivity contribution >= 4 is 34.3 Å². The summed E-state index contributed by atoms with van der Waals surface area (Å²) in [4.78, 5) is 12.9. The molecule has 2 N–H and O–H groups in total. The first kappa shape index (κ1) is 13.3. The summed E-state index contributed by atoms with van der Waals surface area (Å²) in [5, 5.41) is 13.3. The molecule has 0 fully saturated rings. The Hall–Kier alpha value is -1.67. The molecule has 2 aromatic rings. The van der Waals surface area contributed by atoms with Crippen molar-refractivity contribution < 1.29 is 9.18 Å². The van der Waals surface area contributed by atoms with E-state index in [2.05, 4.69) is 20.8 Å². The van der Waals surface area contributed by atoms with Crippen LogP contribution in [0.4, 0.5) is 14.3 Å².